The van der Waals surface area contributed by atoms with Gasteiger partial charge in [-0.1, -0.05) is 12.5 Å². The molecule has 1 saturated carbocycles. The molecule has 0 unspecified atom stereocenters. The standard InChI is InChI=1S/C9H12BNO2/c12-10(13)8-5-2-6-11-9(8)7-3-1-4-7/h2,5-7,12-13H,1,3-4H2. The highest BCUT2D eigenvalue weighted by molar-refractivity contribution is 6.59. The summed E-state index contributed by atoms with van der Waals surface area (Å²) in [5, 5.41) is 18.2. The Balaban J connectivity index is 2.31. The maximum Gasteiger partial charge on any atom is 0.490 e. The summed E-state index contributed by atoms with van der Waals surface area (Å²) >= 11 is 0. The van der Waals surface area contributed by atoms with Crippen molar-refractivity contribution in [3.63, 3.8) is 0 Å². The van der Waals surface area contributed by atoms with Crippen LogP contribution in [0.15, 0.2) is 18.3 Å². The van der Waals surface area contributed by atoms with Crippen LogP contribution < -0.4 is 5.46 Å². The Bertz CT molecular complexity index is 299. The fraction of sp³-hybridized carbons (Fsp3) is 0.444. The normalized spacial score (nSPS) is 16.8. The van der Waals surface area contributed by atoms with Gasteiger partial charge in [-0.3, -0.25) is 4.98 Å². The van der Waals surface area contributed by atoms with Gasteiger partial charge in [0.1, 0.15) is 0 Å². The molecule has 1 fully saturated rings. The van der Waals surface area contributed by atoms with Crippen molar-refractivity contribution in [2.75, 3.05) is 0 Å². The number of pyridine rings is 1. The van der Waals surface area contributed by atoms with Gasteiger partial charge in [-0.2, -0.15) is 0 Å². The molecule has 0 radical (unpaired) electrons. The fourth-order valence-corrected chi connectivity index (χ4v) is 1.67. The van der Waals surface area contributed by atoms with Gasteiger partial charge < -0.3 is 10.0 Å². The van der Waals surface area contributed by atoms with Crippen LogP contribution in [0.4, 0.5) is 0 Å². The van der Waals surface area contributed by atoms with Crippen LogP contribution in [0.3, 0.4) is 0 Å². The first-order valence-electron chi connectivity index (χ1n) is 4.60. The molecule has 13 heavy (non-hydrogen) atoms. The van der Waals surface area contributed by atoms with E-state index in [0.29, 0.717) is 11.4 Å². The van der Waals surface area contributed by atoms with E-state index >= 15 is 0 Å². The molecule has 0 saturated heterocycles. The number of rotatable bonds is 2. The van der Waals surface area contributed by atoms with Crippen molar-refractivity contribution in [1.82, 2.24) is 4.98 Å². The molecule has 0 bridgehead atoms. The highest BCUT2D eigenvalue weighted by Crippen LogP contribution is 2.34. The first-order chi connectivity index (χ1) is 6.29. The van der Waals surface area contributed by atoms with Crippen molar-refractivity contribution in [2.24, 2.45) is 0 Å². The number of aromatic nitrogens is 1. The minimum Gasteiger partial charge on any atom is -0.423 e. The van der Waals surface area contributed by atoms with E-state index in [-0.39, 0.29) is 0 Å². The molecule has 1 aromatic rings. The summed E-state index contributed by atoms with van der Waals surface area (Å²) in [5.41, 5.74) is 1.43. The molecule has 1 aliphatic rings. The molecule has 1 heterocycles. The third kappa shape index (κ3) is 1.60. The number of hydrogen-bond donors (Lipinski definition) is 2. The quantitative estimate of drug-likeness (QED) is 0.626. The average Bonchev–Trinajstić information content (AvgIpc) is 2.02. The lowest BCUT2D eigenvalue weighted by Crippen LogP contribution is -2.36. The van der Waals surface area contributed by atoms with E-state index in [4.69, 9.17) is 10.0 Å². The highest BCUT2D eigenvalue weighted by atomic mass is 16.4. The Kier molecular flexibility index (Phi) is 2.33. The number of nitrogens with zero attached hydrogens (tertiary/aromatic N) is 1. The van der Waals surface area contributed by atoms with E-state index in [0.717, 1.165) is 18.5 Å². The smallest absolute Gasteiger partial charge is 0.423 e. The van der Waals surface area contributed by atoms with Gasteiger partial charge in [-0.05, 0) is 18.9 Å². The minimum absolute atomic E-state index is 0.443. The van der Waals surface area contributed by atoms with Gasteiger partial charge in [0, 0.05) is 23.3 Å². The van der Waals surface area contributed by atoms with Gasteiger partial charge in [0.05, 0.1) is 0 Å². The van der Waals surface area contributed by atoms with Crippen LogP contribution in [0.1, 0.15) is 30.9 Å². The molecule has 1 aromatic heterocycles. The van der Waals surface area contributed by atoms with Crippen molar-refractivity contribution in [3.05, 3.63) is 24.0 Å². The predicted octanol–water partition coefficient (Wildman–Crippen LogP) is 0.0289. The molecule has 2 rings (SSSR count). The molecular formula is C9H12BNO2. The summed E-state index contributed by atoms with van der Waals surface area (Å²) in [6.45, 7) is 0. The average molecular weight is 177 g/mol. The fourth-order valence-electron chi connectivity index (χ4n) is 1.67. The SMILES string of the molecule is OB(O)c1cccnc1C1CCC1. The Morgan fingerprint density at radius 1 is 1.38 bits per heavy atom. The van der Waals surface area contributed by atoms with Crippen LogP contribution in [0.5, 0.6) is 0 Å². The molecule has 0 atom stereocenters. The van der Waals surface area contributed by atoms with Crippen LogP contribution in [0, 0.1) is 0 Å². The summed E-state index contributed by atoms with van der Waals surface area (Å²) in [4.78, 5) is 4.20. The topological polar surface area (TPSA) is 53.4 Å². The zero-order valence-electron chi connectivity index (χ0n) is 7.35. The van der Waals surface area contributed by atoms with Crippen LogP contribution in [0.25, 0.3) is 0 Å². The molecule has 0 spiro atoms. The zero-order chi connectivity index (χ0) is 9.26. The third-order valence-corrected chi connectivity index (χ3v) is 2.64. The van der Waals surface area contributed by atoms with Crippen LogP contribution in [-0.2, 0) is 0 Å². The summed E-state index contributed by atoms with van der Waals surface area (Å²) in [6, 6.07) is 3.46. The number of hydrogen-bond acceptors (Lipinski definition) is 3. The molecule has 2 N–H and O–H groups in total. The molecular weight excluding hydrogens is 165 g/mol. The minimum atomic E-state index is -1.38. The highest BCUT2D eigenvalue weighted by Gasteiger charge is 2.26. The Labute approximate surface area is 77.6 Å². The molecule has 0 aromatic carbocycles. The van der Waals surface area contributed by atoms with E-state index in [1.807, 2.05) is 0 Å². The van der Waals surface area contributed by atoms with Crippen LogP contribution >= 0.6 is 0 Å². The zero-order valence-corrected chi connectivity index (χ0v) is 7.35. The molecule has 3 nitrogen and oxygen atoms in total. The van der Waals surface area contributed by atoms with Crippen molar-refractivity contribution in [2.45, 2.75) is 25.2 Å². The van der Waals surface area contributed by atoms with Gasteiger partial charge in [0.2, 0.25) is 0 Å². The Morgan fingerprint density at radius 3 is 2.69 bits per heavy atom. The lowest BCUT2D eigenvalue weighted by atomic mass is 9.71. The lowest BCUT2D eigenvalue weighted by molar-refractivity contribution is 0.404. The second-order valence-corrected chi connectivity index (χ2v) is 3.48. The second-order valence-electron chi connectivity index (χ2n) is 3.48. The first kappa shape index (κ1) is 8.72. The molecule has 0 amide bonds. The van der Waals surface area contributed by atoms with E-state index < -0.39 is 7.12 Å². The summed E-state index contributed by atoms with van der Waals surface area (Å²) in [7, 11) is -1.38. The summed E-state index contributed by atoms with van der Waals surface area (Å²) in [5.74, 6) is 0.443. The molecule has 0 aliphatic heterocycles. The lowest BCUT2D eigenvalue weighted by Gasteiger charge is -2.26. The van der Waals surface area contributed by atoms with Gasteiger partial charge >= 0.3 is 7.12 Å². The molecule has 68 valence electrons. The maximum atomic E-state index is 9.09. The first-order valence-corrected chi connectivity index (χ1v) is 4.60. The van der Waals surface area contributed by atoms with Crippen LogP contribution in [-0.4, -0.2) is 22.2 Å². The van der Waals surface area contributed by atoms with Crippen molar-refractivity contribution in [3.8, 4) is 0 Å². The van der Waals surface area contributed by atoms with E-state index in [2.05, 4.69) is 4.98 Å². The van der Waals surface area contributed by atoms with Gasteiger partial charge in [-0.15, -0.1) is 0 Å². The van der Waals surface area contributed by atoms with E-state index in [9.17, 15) is 0 Å². The largest absolute Gasteiger partial charge is 0.490 e. The van der Waals surface area contributed by atoms with Crippen molar-refractivity contribution in [1.29, 1.82) is 0 Å². The third-order valence-electron chi connectivity index (χ3n) is 2.64. The monoisotopic (exact) mass is 177 g/mol. The summed E-state index contributed by atoms with van der Waals surface area (Å²) < 4.78 is 0. The predicted molar refractivity (Wildman–Crippen MR) is 50.7 cm³/mol. The Morgan fingerprint density at radius 2 is 2.15 bits per heavy atom. The van der Waals surface area contributed by atoms with Crippen molar-refractivity contribution < 1.29 is 10.0 Å². The van der Waals surface area contributed by atoms with Crippen LogP contribution in [0.2, 0.25) is 0 Å². The maximum absolute atomic E-state index is 9.09. The van der Waals surface area contributed by atoms with Gasteiger partial charge in [-0.25, -0.2) is 0 Å². The summed E-state index contributed by atoms with van der Waals surface area (Å²) in [6.07, 6.45) is 5.18. The van der Waals surface area contributed by atoms with Crippen molar-refractivity contribution >= 4 is 12.6 Å². The van der Waals surface area contributed by atoms with Gasteiger partial charge in [0.15, 0.2) is 0 Å². The van der Waals surface area contributed by atoms with Gasteiger partial charge in [0.25, 0.3) is 0 Å². The molecule has 4 heteroatoms. The van der Waals surface area contributed by atoms with E-state index in [1.54, 1.807) is 18.3 Å². The van der Waals surface area contributed by atoms with E-state index in [1.165, 1.54) is 6.42 Å². The second kappa shape index (κ2) is 3.48. The molecule has 1 aliphatic carbocycles. The Hall–Kier alpha value is -0.865.